The highest BCUT2D eigenvalue weighted by atomic mass is 79.9. The molecule has 2 nitrogen and oxygen atoms in total. The summed E-state index contributed by atoms with van der Waals surface area (Å²) in [7, 11) is 1.63. The average Bonchev–Trinajstić information content (AvgIpc) is 2.38. The minimum Gasteiger partial charge on any atom is -0.355 e. The van der Waals surface area contributed by atoms with E-state index in [4.69, 9.17) is 0 Å². The molecule has 0 fully saturated rings. The molecule has 1 amide bonds. The predicted molar refractivity (Wildman–Crippen MR) is 73.0 cm³/mol. The lowest BCUT2D eigenvalue weighted by Crippen LogP contribution is -2.17. The van der Waals surface area contributed by atoms with Crippen molar-refractivity contribution in [2.24, 2.45) is 0 Å². The number of benzene rings is 2. The Hall–Kier alpha value is -1.61. The van der Waals surface area contributed by atoms with Crippen LogP contribution in [0.1, 0.15) is 10.4 Å². The molecule has 0 unspecified atom stereocenters. The number of nitrogens with one attached hydrogen (secondary N) is 1. The van der Waals surface area contributed by atoms with Crippen molar-refractivity contribution in [2.75, 3.05) is 7.05 Å². The largest absolute Gasteiger partial charge is 0.355 e. The molecule has 17 heavy (non-hydrogen) atoms. The van der Waals surface area contributed by atoms with E-state index in [1.807, 2.05) is 42.5 Å². The lowest BCUT2D eigenvalue weighted by atomic mass is 10.0. The molecule has 0 aliphatic heterocycles. The Kier molecular flexibility index (Phi) is 3.59. The Balaban J connectivity index is 2.47. The number of rotatable bonds is 2. The van der Waals surface area contributed by atoms with Gasteiger partial charge < -0.3 is 5.32 Å². The van der Waals surface area contributed by atoms with Crippen molar-refractivity contribution in [2.45, 2.75) is 0 Å². The van der Waals surface area contributed by atoms with Crippen LogP contribution in [0, 0.1) is 0 Å². The number of carbonyl (C=O) groups is 1. The van der Waals surface area contributed by atoms with E-state index in [0.29, 0.717) is 5.56 Å². The van der Waals surface area contributed by atoms with Crippen molar-refractivity contribution in [1.82, 2.24) is 5.32 Å². The number of halogens is 1. The quantitative estimate of drug-likeness (QED) is 0.901. The second kappa shape index (κ2) is 5.15. The van der Waals surface area contributed by atoms with Gasteiger partial charge >= 0.3 is 0 Å². The summed E-state index contributed by atoms with van der Waals surface area (Å²) in [5.41, 5.74) is 2.78. The topological polar surface area (TPSA) is 29.1 Å². The zero-order valence-electron chi connectivity index (χ0n) is 9.41. The van der Waals surface area contributed by atoms with Crippen LogP contribution in [0.25, 0.3) is 11.1 Å². The molecule has 0 bridgehead atoms. The van der Waals surface area contributed by atoms with E-state index in [2.05, 4.69) is 21.2 Å². The average molecular weight is 290 g/mol. The van der Waals surface area contributed by atoms with E-state index in [1.54, 1.807) is 13.1 Å². The lowest BCUT2D eigenvalue weighted by molar-refractivity contribution is 0.0963. The fourth-order valence-electron chi connectivity index (χ4n) is 1.67. The molecule has 3 heteroatoms. The molecule has 0 spiro atoms. The second-order valence-corrected chi connectivity index (χ2v) is 4.49. The van der Waals surface area contributed by atoms with Crippen LogP contribution in [-0.2, 0) is 0 Å². The Morgan fingerprint density at radius 2 is 1.88 bits per heavy atom. The first-order valence-corrected chi connectivity index (χ1v) is 6.08. The van der Waals surface area contributed by atoms with Gasteiger partial charge in [-0.15, -0.1) is 0 Å². The predicted octanol–water partition coefficient (Wildman–Crippen LogP) is 3.48. The number of carbonyl (C=O) groups excluding carboxylic acids is 1. The van der Waals surface area contributed by atoms with Crippen LogP contribution in [-0.4, -0.2) is 13.0 Å². The van der Waals surface area contributed by atoms with Gasteiger partial charge in [-0.1, -0.05) is 46.3 Å². The van der Waals surface area contributed by atoms with Crippen LogP contribution in [0.2, 0.25) is 0 Å². The van der Waals surface area contributed by atoms with Gasteiger partial charge in [0.2, 0.25) is 0 Å². The lowest BCUT2D eigenvalue weighted by Gasteiger charge is -2.06. The highest BCUT2D eigenvalue weighted by Gasteiger charge is 2.06. The third-order valence-electron chi connectivity index (χ3n) is 2.54. The normalized spacial score (nSPS) is 10.0. The van der Waals surface area contributed by atoms with Gasteiger partial charge in [-0.3, -0.25) is 4.79 Å². The Morgan fingerprint density at radius 1 is 1.12 bits per heavy atom. The summed E-state index contributed by atoms with van der Waals surface area (Å²) >= 11 is 3.51. The first kappa shape index (κ1) is 11.9. The van der Waals surface area contributed by atoms with Crippen molar-refractivity contribution >= 4 is 21.8 Å². The van der Waals surface area contributed by atoms with Gasteiger partial charge in [0.15, 0.2) is 0 Å². The van der Waals surface area contributed by atoms with Crippen LogP contribution in [0.4, 0.5) is 0 Å². The van der Waals surface area contributed by atoms with Crippen molar-refractivity contribution < 1.29 is 4.79 Å². The Bertz CT molecular complexity index is 551. The summed E-state index contributed by atoms with van der Waals surface area (Å²) in [4.78, 5) is 11.6. The van der Waals surface area contributed by atoms with Crippen LogP contribution in [0.3, 0.4) is 0 Å². The van der Waals surface area contributed by atoms with E-state index < -0.39 is 0 Å². The first-order chi connectivity index (χ1) is 8.22. The molecule has 0 atom stereocenters. The number of hydrogen-bond donors (Lipinski definition) is 1. The van der Waals surface area contributed by atoms with Crippen molar-refractivity contribution in [3.8, 4) is 11.1 Å². The van der Waals surface area contributed by atoms with Gasteiger partial charge in [-0.25, -0.2) is 0 Å². The third kappa shape index (κ3) is 2.56. The second-order valence-electron chi connectivity index (χ2n) is 3.64. The molecule has 0 saturated carbocycles. The molecule has 0 saturated heterocycles. The van der Waals surface area contributed by atoms with Gasteiger partial charge in [0.05, 0.1) is 0 Å². The molecule has 0 heterocycles. The molecule has 2 rings (SSSR count). The van der Waals surface area contributed by atoms with Crippen LogP contribution in [0.15, 0.2) is 53.0 Å². The fourth-order valence-corrected chi connectivity index (χ4v) is 2.18. The van der Waals surface area contributed by atoms with E-state index in [0.717, 1.165) is 15.6 Å². The molecular formula is C14H12BrNO. The van der Waals surface area contributed by atoms with Crippen LogP contribution < -0.4 is 5.32 Å². The highest BCUT2D eigenvalue weighted by molar-refractivity contribution is 9.10. The third-order valence-corrected chi connectivity index (χ3v) is 3.23. The minimum atomic E-state index is -0.0705. The van der Waals surface area contributed by atoms with Crippen LogP contribution >= 0.6 is 15.9 Å². The zero-order valence-corrected chi connectivity index (χ0v) is 11.0. The summed E-state index contributed by atoms with van der Waals surface area (Å²) in [6, 6.07) is 15.5. The molecule has 1 N–H and O–H groups in total. The maximum absolute atomic E-state index is 11.6. The van der Waals surface area contributed by atoms with Crippen molar-refractivity contribution in [3.05, 3.63) is 58.6 Å². The molecule has 2 aromatic carbocycles. The molecule has 0 radical (unpaired) electrons. The molecule has 2 aromatic rings. The molecule has 86 valence electrons. The van der Waals surface area contributed by atoms with Crippen LogP contribution in [0.5, 0.6) is 0 Å². The first-order valence-electron chi connectivity index (χ1n) is 5.29. The van der Waals surface area contributed by atoms with E-state index in [1.165, 1.54) is 0 Å². The zero-order chi connectivity index (χ0) is 12.3. The number of amides is 1. The fraction of sp³-hybridized carbons (Fsp3) is 0.0714. The Morgan fingerprint density at radius 3 is 2.59 bits per heavy atom. The smallest absolute Gasteiger partial charge is 0.251 e. The highest BCUT2D eigenvalue weighted by Crippen LogP contribution is 2.28. The molecule has 0 aliphatic carbocycles. The van der Waals surface area contributed by atoms with Gasteiger partial charge in [0.1, 0.15) is 0 Å². The standard InChI is InChI=1S/C14H12BrNO/c1-16-14(17)11-6-4-5-10(9-11)12-7-2-3-8-13(12)15/h2-9H,1H3,(H,16,17). The monoisotopic (exact) mass is 289 g/mol. The van der Waals surface area contributed by atoms with E-state index in [9.17, 15) is 4.79 Å². The maximum Gasteiger partial charge on any atom is 0.251 e. The Labute approximate surface area is 109 Å². The summed E-state index contributed by atoms with van der Waals surface area (Å²) in [5.74, 6) is -0.0705. The maximum atomic E-state index is 11.6. The van der Waals surface area contributed by atoms with Gasteiger partial charge in [-0.2, -0.15) is 0 Å². The van der Waals surface area contributed by atoms with Gasteiger partial charge in [0.25, 0.3) is 5.91 Å². The summed E-state index contributed by atoms with van der Waals surface area (Å²) in [5, 5.41) is 2.62. The van der Waals surface area contributed by atoms with Gasteiger partial charge in [-0.05, 0) is 29.3 Å². The minimum absolute atomic E-state index is 0.0705. The van der Waals surface area contributed by atoms with E-state index in [-0.39, 0.29) is 5.91 Å². The molecular weight excluding hydrogens is 278 g/mol. The molecule has 0 aromatic heterocycles. The van der Waals surface area contributed by atoms with Gasteiger partial charge in [0, 0.05) is 17.1 Å². The van der Waals surface area contributed by atoms with Crippen molar-refractivity contribution in [1.29, 1.82) is 0 Å². The summed E-state index contributed by atoms with van der Waals surface area (Å²) < 4.78 is 1.02. The summed E-state index contributed by atoms with van der Waals surface area (Å²) in [6.07, 6.45) is 0. The summed E-state index contributed by atoms with van der Waals surface area (Å²) in [6.45, 7) is 0. The van der Waals surface area contributed by atoms with Crippen molar-refractivity contribution in [3.63, 3.8) is 0 Å². The SMILES string of the molecule is CNC(=O)c1cccc(-c2ccccc2Br)c1. The molecule has 0 aliphatic rings. The van der Waals surface area contributed by atoms with E-state index >= 15 is 0 Å². The number of hydrogen-bond acceptors (Lipinski definition) is 1.